The van der Waals surface area contributed by atoms with Gasteiger partial charge >= 0.3 is 5.97 Å². The molecule has 0 spiro atoms. The van der Waals surface area contributed by atoms with Crippen molar-refractivity contribution >= 4 is 40.8 Å². The predicted molar refractivity (Wildman–Crippen MR) is 68.9 cm³/mol. The third-order valence-electron chi connectivity index (χ3n) is 2.38. The molecule has 0 bridgehead atoms. The van der Waals surface area contributed by atoms with E-state index >= 15 is 0 Å². The average Bonchev–Trinajstić information content (AvgIpc) is 2.80. The van der Waals surface area contributed by atoms with Gasteiger partial charge < -0.3 is 4.74 Å². The number of carbonyl (C=O) groups is 1. The van der Waals surface area contributed by atoms with Crippen LogP contribution in [0, 0.1) is 0 Å². The van der Waals surface area contributed by atoms with Gasteiger partial charge in [0.1, 0.15) is 15.3 Å². The zero-order valence-electron chi connectivity index (χ0n) is 9.45. The zero-order valence-corrected chi connectivity index (χ0v) is 11.7. The van der Waals surface area contributed by atoms with Crippen molar-refractivity contribution in [1.82, 2.24) is 14.3 Å². The maximum Gasteiger partial charge on any atom is 0.341 e. The molecule has 2 aromatic rings. The van der Waals surface area contributed by atoms with Gasteiger partial charge in [-0.05, 0) is 6.07 Å². The fraction of sp³-hybridized carbons (Fsp3) is 0.200. The van der Waals surface area contributed by atoms with Crippen LogP contribution in [0.25, 0.3) is 5.82 Å². The Bertz CT molecular complexity index is 599. The topological polar surface area (TPSA) is 49.1 Å². The predicted octanol–water partition coefficient (Wildman–Crippen LogP) is 2.96. The van der Waals surface area contributed by atoms with Gasteiger partial charge in [0.2, 0.25) is 0 Å². The maximum absolute atomic E-state index is 11.5. The number of ether oxygens (including phenoxy) is 1. The van der Waals surface area contributed by atoms with Crippen LogP contribution in [0.1, 0.15) is 10.4 Å². The molecule has 0 aliphatic carbocycles. The van der Waals surface area contributed by atoms with Crippen LogP contribution in [-0.2, 0) is 11.8 Å². The molecule has 0 fully saturated rings. The monoisotopic (exact) mass is 307 g/mol. The van der Waals surface area contributed by atoms with Gasteiger partial charge in [0, 0.05) is 7.05 Å². The highest BCUT2D eigenvalue weighted by Gasteiger charge is 2.22. The Kier molecular flexibility index (Phi) is 3.56. The first kappa shape index (κ1) is 13.3. The second-order valence-corrected chi connectivity index (χ2v) is 4.59. The lowest BCUT2D eigenvalue weighted by atomic mass is 10.3. The summed E-state index contributed by atoms with van der Waals surface area (Å²) < 4.78 is 7.53. The van der Waals surface area contributed by atoms with Crippen molar-refractivity contribution in [3.63, 3.8) is 0 Å². The van der Waals surface area contributed by atoms with Gasteiger partial charge in [-0.25, -0.2) is 4.79 Å². The molecule has 0 atom stereocenters. The summed E-state index contributed by atoms with van der Waals surface area (Å²) in [6.07, 6.45) is 1.46. The second-order valence-electron chi connectivity index (χ2n) is 3.44. The lowest BCUT2D eigenvalue weighted by molar-refractivity contribution is 0.0601. The summed E-state index contributed by atoms with van der Waals surface area (Å²) in [5.74, 6) is -0.0965. The fourth-order valence-electron chi connectivity index (χ4n) is 1.56. The van der Waals surface area contributed by atoms with E-state index in [4.69, 9.17) is 34.8 Å². The van der Waals surface area contributed by atoms with Crippen molar-refractivity contribution in [3.05, 3.63) is 33.2 Å². The Morgan fingerprint density at radius 1 is 1.39 bits per heavy atom. The highest BCUT2D eigenvalue weighted by Crippen LogP contribution is 2.32. The van der Waals surface area contributed by atoms with Crippen molar-refractivity contribution in [1.29, 1.82) is 0 Å². The van der Waals surface area contributed by atoms with E-state index < -0.39 is 5.97 Å². The normalized spacial score (nSPS) is 10.7. The summed E-state index contributed by atoms with van der Waals surface area (Å²) in [5.41, 5.74) is 0.168. The maximum atomic E-state index is 11.5. The van der Waals surface area contributed by atoms with E-state index in [1.54, 1.807) is 7.05 Å². The molecule has 18 heavy (non-hydrogen) atoms. The van der Waals surface area contributed by atoms with Crippen LogP contribution in [-0.4, -0.2) is 27.4 Å². The molecule has 0 radical (unpaired) electrons. The first-order chi connectivity index (χ1) is 8.47. The molecule has 0 aromatic carbocycles. The molecule has 0 aliphatic rings. The Morgan fingerprint density at radius 3 is 2.56 bits per heavy atom. The number of hydrogen-bond acceptors (Lipinski definition) is 3. The molecule has 0 N–H and O–H groups in total. The zero-order chi connectivity index (χ0) is 13.4. The number of hydrogen-bond donors (Lipinski definition) is 0. The molecule has 0 aliphatic heterocycles. The highest BCUT2D eigenvalue weighted by atomic mass is 35.5. The smallest absolute Gasteiger partial charge is 0.341 e. The lowest BCUT2D eigenvalue weighted by Gasteiger charge is -2.08. The van der Waals surface area contributed by atoms with E-state index in [9.17, 15) is 4.79 Å². The third kappa shape index (κ3) is 1.98. The van der Waals surface area contributed by atoms with Gasteiger partial charge in [0.25, 0.3) is 0 Å². The molecular weight excluding hydrogens is 300 g/mol. The fourth-order valence-corrected chi connectivity index (χ4v) is 2.43. The van der Waals surface area contributed by atoms with Gasteiger partial charge in [-0.15, -0.1) is 0 Å². The van der Waals surface area contributed by atoms with Crippen LogP contribution in [0.2, 0.25) is 15.3 Å². The number of nitrogens with zero attached hydrogens (tertiary/aromatic N) is 3. The minimum atomic E-state index is -0.570. The molecule has 0 amide bonds. The first-order valence-electron chi connectivity index (χ1n) is 4.80. The number of aryl methyl sites for hydroxylation is 1. The standard InChI is InChI=1S/C10H8Cl3N3O2/c1-15-9(6(11)4-14-15)16-7(12)3-5(8(16)13)10(17)18-2/h3-4H,1-2H3. The molecule has 5 nitrogen and oxygen atoms in total. The summed E-state index contributed by atoms with van der Waals surface area (Å²) in [7, 11) is 2.95. The summed E-state index contributed by atoms with van der Waals surface area (Å²) in [6, 6.07) is 1.42. The Morgan fingerprint density at radius 2 is 2.06 bits per heavy atom. The SMILES string of the molecule is COC(=O)c1cc(Cl)n(-c2c(Cl)cnn2C)c1Cl. The number of esters is 1. The number of methoxy groups -OCH3 is 1. The highest BCUT2D eigenvalue weighted by molar-refractivity contribution is 6.37. The molecule has 0 unspecified atom stereocenters. The van der Waals surface area contributed by atoms with Crippen LogP contribution in [0.4, 0.5) is 0 Å². The number of carbonyl (C=O) groups excluding carboxylic acids is 1. The Hall–Kier alpha value is -1.17. The quantitative estimate of drug-likeness (QED) is 0.801. The van der Waals surface area contributed by atoms with Crippen molar-refractivity contribution in [3.8, 4) is 5.82 Å². The van der Waals surface area contributed by atoms with Gasteiger partial charge in [-0.1, -0.05) is 34.8 Å². The second kappa shape index (κ2) is 4.84. The van der Waals surface area contributed by atoms with Crippen molar-refractivity contribution in [2.75, 3.05) is 7.11 Å². The van der Waals surface area contributed by atoms with Gasteiger partial charge in [-0.2, -0.15) is 5.10 Å². The average molecular weight is 309 g/mol. The van der Waals surface area contributed by atoms with E-state index in [-0.39, 0.29) is 15.9 Å². The van der Waals surface area contributed by atoms with Crippen molar-refractivity contribution in [2.45, 2.75) is 0 Å². The largest absolute Gasteiger partial charge is 0.465 e. The Labute approximate surface area is 118 Å². The van der Waals surface area contributed by atoms with E-state index in [0.29, 0.717) is 10.8 Å². The third-order valence-corrected chi connectivity index (χ3v) is 3.29. The Balaban J connectivity index is 2.67. The molecule has 2 rings (SSSR count). The lowest BCUT2D eigenvalue weighted by Crippen LogP contribution is -2.05. The molecule has 8 heteroatoms. The first-order valence-corrected chi connectivity index (χ1v) is 5.93. The van der Waals surface area contributed by atoms with Crippen LogP contribution in [0.5, 0.6) is 0 Å². The molecule has 2 aromatic heterocycles. The van der Waals surface area contributed by atoms with Gasteiger partial charge in [0.05, 0.1) is 18.9 Å². The number of rotatable bonds is 2. The minimum absolute atomic E-state index is 0.123. The van der Waals surface area contributed by atoms with E-state index in [0.717, 1.165) is 0 Å². The molecule has 2 heterocycles. The van der Waals surface area contributed by atoms with Crippen LogP contribution in [0.15, 0.2) is 12.3 Å². The van der Waals surface area contributed by atoms with E-state index in [1.165, 1.54) is 28.6 Å². The van der Waals surface area contributed by atoms with E-state index in [1.807, 2.05) is 0 Å². The number of aromatic nitrogens is 3. The summed E-state index contributed by atoms with van der Waals surface area (Å²) in [6.45, 7) is 0. The van der Waals surface area contributed by atoms with Crippen LogP contribution in [0.3, 0.4) is 0 Å². The molecular formula is C10H8Cl3N3O2. The van der Waals surface area contributed by atoms with Crippen LogP contribution < -0.4 is 0 Å². The van der Waals surface area contributed by atoms with Gasteiger partial charge in [-0.3, -0.25) is 9.25 Å². The van der Waals surface area contributed by atoms with Crippen molar-refractivity contribution in [2.24, 2.45) is 7.05 Å². The van der Waals surface area contributed by atoms with Crippen molar-refractivity contribution < 1.29 is 9.53 Å². The summed E-state index contributed by atoms with van der Waals surface area (Å²) in [5, 5.41) is 4.71. The summed E-state index contributed by atoms with van der Waals surface area (Å²) in [4.78, 5) is 11.5. The molecule has 0 saturated heterocycles. The molecule has 0 saturated carbocycles. The van der Waals surface area contributed by atoms with Gasteiger partial charge in [0.15, 0.2) is 5.82 Å². The minimum Gasteiger partial charge on any atom is -0.465 e. The van der Waals surface area contributed by atoms with E-state index in [2.05, 4.69) is 9.84 Å². The summed E-state index contributed by atoms with van der Waals surface area (Å²) >= 11 is 18.2. The molecule has 96 valence electrons. The van der Waals surface area contributed by atoms with Crippen LogP contribution >= 0.6 is 34.8 Å². The number of halogens is 3.